The summed E-state index contributed by atoms with van der Waals surface area (Å²) in [6.45, 7) is 0. The van der Waals surface area contributed by atoms with Crippen LogP contribution < -0.4 is 5.32 Å². The van der Waals surface area contributed by atoms with Gasteiger partial charge in [0, 0.05) is 18.0 Å². The number of hydrogen-bond donors (Lipinski definition) is 1. The van der Waals surface area contributed by atoms with E-state index in [-0.39, 0.29) is 6.04 Å². The van der Waals surface area contributed by atoms with Crippen molar-refractivity contribution in [1.82, 2.24) is 5.32 Å². The Balaban J connectivity index is 1.57. The van der Waals surface area contributed by atoms with E-state index in [4.69, 9.17) is 0 Å². The van der Waals surface area contributed by atoms with Crippen molar-refractivity contribution in [1.29, 1.82) is 0 Å². The molecule has 1 aliphatic heterocycles. The lowest BCUT2D eigenvalue weighted by Crippen LogP contribution is -2.32. The van der Waals surface area contributed by atoms with E-state index in [2.05, 4.69) is 29.6 Å². The van der Waals surface area contributed by atoms with Crippen molar-refractivity contribution in [3.05, 3.63) is 35.9 Å². The van der Waals surface area contributed by atoms with Crippen LogP contribution in [0.15, 0.2) is 30.3 Å². The minimum absolute atomic E-state index is 0.179. The summed E-state index contributed by atoms with van der Waals surface area (Å²) >= 11 is 0. The lowest BCUT2D eigenvalue weighted by Gasteiger charge is -2.10. The third-order valence-electron chi connectivity index (χ3n) is 3.70. The molecule has 1 saturated carbocycles. The molecule has 17 heavy (non-hydrogen) atoms. The van der Waals surface area contributed by atoms with E-state index >= 15 is 0 Å². The number of rotatable bonds is 3. The van der Waals surface area contributed by atoms with E-state index in [1.165, 1.54) is 5.56 Å². The smallest absolute Gasteiger partial charge is 0.151 e. The molecule has 2 fully saturated rings. The predicted molar refractivity (Wildman–Crippen MR) is 67.8 cm³/mol. The van der Waals surface area contributed by atoms with Gasteiger partial charge in [0.1, 0.15) is 0 Å². The Morgan fingerprint density at radius 1 is 1.18 bits per heavy atom. The summed E-state index contributed by atoms with van der Waals surface area (Å²) in [5.74, 6) is 1.26. The number of nitrogens with one attached hydrogen (secondary N) is 1. The highest BCUT2D eigenvalue weighted by molar-refractivity contribution is 7.91. The highest BCUT2D eigenvalue weighted by Crippen LogP contribution is 2.41. The summed E-state index contributed by atoms with van der Waals surface area (Å²) in [5, 5.41) is 3.48. The largest absolute Gasteiger partial charge is 0.310 e. The molecule has 0 spiro atoms. The van der Waals surface area contributed by atoms with Gasteiger partial charge in [-0.2, -0.15) is 0 Å². The van der Waals surface area contributed by atoms with Crippen molar-refractivity contribution in [3.63, 3.8) is 0 Å². The lowest BCUT2D eigenvalue weighted by molar-refractivity contribution is 0.544. The first-order valence-corrected chi connectivity index (χ1v) is 7.98. The first-order valence-electron chi connectivity index (χ1n) is 6.15. The van der Waals surface area contributed by atoms with Crippen LogP contribution in [0.3, 0.4) is 0 Å². The van der Waals surface area contributed by atoms with Crippen LogP contribution in [0.1, 0.15) is 24.3 Å². The van der Waals surface area contributed by atoms with Crippen LogP contribution in [-0.2, 0) is 9.84 Å². The molecule has 3 rings (SSSR count). The maximum atomic E-state index is 11.4. The third-order valence-corrected chi connectivity index (χ3v) is 5.47. The fraction of sp³-hybridized carbons (Fsp3) is 0.538. The van der Waals surface area contributed by atoms with Gasteiger partial charge in [-0.15, -0.1) is 0 Å². The molecule has 0 aromatic heterocycles. The second-order valence-corrected chi connectivity index (χ2v) is 7.35. The van der Waals surface area contributed by atoms with E-state index in [1.807, 2.05) is 6.07 Å². The molecule has 3 atom stereocenters. The van der Waals surface area contributed by atoms with Crippen molar-refractivity contribution in [2.75, 3.05) is 11.5 Å². The van der Waals surface area contributed by atoms with Crippen LogP contribution in [0.4, 0.5) is 0 Å². The van der Waals surface area contributed by atoms with Gasteiger partial charge in [-0.3, -0.25) is 0 Å². The van der Waals surface area contributed by atoms with E-state index in [0.29, 0.717) is 23.5 Å². The molecule has 0 bridgehead atoms. The molecule has 2 aliphatic rings. The van der Waals surface area contributed by atoms with E-state index in [1.54, 1.807) is 0 Å². The molecule has 1 aromatic rings. The zero-order valence-corrected chi connectivity index (χ0v) is 10.5. The van der Waals surface area contributed by atoms with Crippen LogP contribution in [0.2, 0.25) is 0 Å². The quantitative estimate of drug-likeness (QED) is 0.881. The monoisotopic (exact) mass is 251 g/mol. The van der Waals surface area contributed by atoms with Gasteiger partial charge in [-0.05, 0) is 18.4 Å². The maximum Gasteiger partial charge on any atom is 0.151 e. The SMILES string of the molecule is O=S1(=O)CCC(NC2CC2c2ccccc2)C1. The topological polar surface area (TPSA) is 46.2 Å². The van der Waals surface area contributed by atoms with Gasteiger partial charge in [0.05, 0.1) is 11.5 Å². The highest BCUT2D eigenvalue weighted by Gasteiger charge is 2.41. The molecule has 4 heteroatoms. The van der Waals surface area contributed by atoms with Crippen molar-refractivity contribution in [2.45, 2.75) is 30.8 Å². The second-order valence-electron chi connectivity index (χ2n) is 5.13. The molecule has 1 saturated heterocycles. The minimum Gasteiger partial charge on any atom is -0.310 e. The Labute approximate surface area is 102 Å². The average molecular weight is 251 g/mol. The molecule has 1 aromatic carbocycles. The van der Waals surface area contributed by atoms with Gasteiger partial charge in [0.15, 0.2) is 9.84 Å². The third kappa shape index (κ3) is 2.53. The van der Waals surface area contributed by atoms with E-state index < -0.39 is 9.84 Å². The molecular formula is C13H17NO2S. The molecule has 0 amide bonds. The zero-order chi connectivity index (χ0) is 11.9. The highest BCUT2D eigenvalue weighted by atomic mass is 32.2. The Morgan fingerprint density at radius 2 is 1.94 bits per heavy atom. The molecule has 1 N–H and O–H groups in total. The average Bonchev–Trinajstić information content (AvgIpc) is 2.98. The summed E-state index contributed by atoms with van der Waals surface area (Å²) in [6, 6.07) is 11.1. The standard InChI is InChI=1S/C13H17NO2S/c15-17(16)7-6-11(9-17)14-13-8-12(13)10-4-2-1-3-5-10/h1-5,11-14H,6-9H2. The Hall–Kier alpha value is -0.870. The molecule has 0 radical (unpaired) electrons. The molecule has 1 heterocycles. The predicted octanol–water partition coefficient (Wildman–Crippen LogP) is 1.32. The Bertz CT molecular complexity index is 497. The van der Waals surface area contributed by atoms with Gasteiger partial charge in [-0.1, -0.05) is 30.3 Å². The molecule has 3 nitrogen and oxygen atoms in total. The zero-order valence-electron chi connectivity index (χ0n) is 9.67. The molecular weight excluding hydrogens is 234 g/mol. The van der Waals surface area contributed by atoms with Gasteiger partial charge in [-0.25, -0.2) is 8.42 Å². The van der Waals surface area contributed by atoms with Crippen LogP contribution in [-0.4, -0.2) is 32.0 Å². The Kier molecular flexibility index (Phi) is 2.71. The second kappa shape index (κ2) is 4.10. The number of hydrogen-bond acceptors (Lipinski definition) is 3. The summed E-state index contributed by atoms with van der Waals surface area (Å²) in [7, 11) is -2.76. The Morgan fingerprint density at radius 3 is 2.59 bits per heavy atom. The number of sulfone groups is 1. The first-order chi connectivity index (χ1) is 8.14. The van der Waals surface area contributed by atoms with Gasteiger partial charge >= 0.3 is 0 Å². The first kappa shape index (κ1) is 11.2. The van der Waals surface area contributed by atoms with Crippen LogP contribution in [0, 0.1) is 0 Å². The molecule has 1 aliphatic carbocycles. The van der Waals surface area contributed by atoms with E-state index in [9.17, 15) is 8.42 Å². The minimum atomic E-state index is -2.76. The summed E-state index contributed by atoms with van der Waals surface area (Å²) in [6.07, 6.45) is 1.92. The van der Waals surface area contributed by atoms with E-state index in [0.717, 1.165) is 12.8 Å². The summed E-state index contributed by atoms with van der Waals surface area (Å²) < 4.78 is 22.7. The molecule has 92 valence electrons. The lowest BCUT2D eigenvalue weighted by atomic mass is 10.1. The maximum absolute atomic E-state index is 11.4. The summed E-state index contributed by atoms with van der Waals surface area (Å²) in [4.78, 5) is 0. The fourth-order valence-electron chi connectivity index (χ4n) is 2.68. The van der Waals surface area contributed by atoms with Crippen molar-refractivity contribution < 1.29 is 8.42 Å². The molecule has 3 unspecified atom stereocenters. The number of benzene rings is 1. The van der Waals surface area contributed by atoms with Crippen molar-refractivity contribution >= 4 is 9.84 Å². The van der Waals surface area contributed by atoms with Crippen molar-refractivity contribution in [3.8, 4) is 0 Å². The van der Waals surface area contributed by atoms with Gasteiger partial charge < -0.3 is 5.32 Å². The fourth-order valence-corrected chi connectivity index (χ4v) is 4.36. The van der Waals surface area contributed by atoms with Gasteiger partial charge in [0.25, 0.3) is 0 Å². The summed E-state index contributed by atoms with van der Waals surface area (Å²) in [5.41, 5.74) is 1.37. The van der Waals surface area contributed by atoms with Crippen LogP contribution in [0.5, 0.6) is 0 Å². The van der Waals surface area contributed by atoms with Crippen LogP contribution in [0.25, 0.3) is 0 Å². The van der Waals surface area contributed by atoms with Gasteiger partial charge in [0.2, 0.25) is 0 Å². The van der Waals surface area contributed by atoms with Crippen molar-refractivity contribution in [2.24, 2.45) is 0 Å². The van der Waals surface area contributed by atoms with Crippen LogP contribution >= 0.6 is 0 Å². The normalized spacial score (nSPS) is 34.7.